The minimum absolute atomic E-state index is 0.745. The van der Waals surface area contributed by atoms with Crippen molar-refractivity contribution < 1.29 is 0 Å². The highest BCUT2D eigenvalue weighted by molar-refractivity contribution is 7.99. The normalized spacial score (nSPS) is 25.9. The second kappa shape index (κ2) is 5.64. The van der Waals surface area contributed by atoms with Crippen molar-refractivity contribution in [1.82, 2.24) is 9.80 Å². The Bertz CT molecular complexity index is 407. The minimum Gasteiger partial charge on any atom is -0.305 e. The monoisotopic (exact) mass is 262 g/mol. The van der Waals surface area contributed by atoms with Crippen LogP contribution >= 0.6 is 11.8 Å². The number of thioether (sulfide) groups is 1. The van der Waals surface area contributed by atoms with Crippen LogP contribution in [0.25, 0.3) is 0 Å². The smallest absolute Gasteiger partial charge is 0.0109 e. The summed E-state index contributed by atoms with van der Waals surface area (Å²) in [6.45, 7) is 6.24. The van der Waals surface area contributed by atoms with Crippen molar-refractivity contribution in [2.24, 2.45) is 0 Å². The summed E-state index contributed by atoms with van der Waals surface area (Å²) in [6.07, 6.45) is 1.32. The Labute approximate surface area is 114 Å². The lowest BCUT2D eigenvalue weighted by Gasteiger charge is -2.24. The van der Waals surface area contributed by atoms with Crippen LogP contribution in [0.5, 0.6) is 0 Å². The Morgan fingerprint density at radius 1 is 1.17 bits per heavy atom. The molecule has 1 fully saturated rings. The first-order valence-corrected chi connectivity index (χ1v) is 7.94. The summed E-state index contributed by atoms with van der Waals surface area (Å²) in [7, 11) is 2.24. The van der Waals surface area contributed by atoms with E-state index in [1.54, 1.807) is 5.56 Å². The fraction of sp³-hybridized carbons (Fsp3) is 0.600. The first-order chi connectivity index (χ1) is 8.83. The fourth-order valence-corrected chi connectivity index (χ4v) is 4.22. The molecular weight excluding hydrogens is 240 g/mol. The number of benzene rings is 1. The van der Waals surface area contributed by atoms with Gasteiger partial charge in [0.2, 0.25) is 0 Å². The van der Waals surface area contributed by atoms with Crippen molar-refractivity contribution in [3.63, 3.8) is 0 Å². The third kappa shape index (κ3) is 2.73. The van der Waals surface area contributed by atoms with Gasteiger partial charge in [0.15, 0.2) is 0 Å². The molecule has 1 unspecified atom stereocenters. The number of likely N-dealkylation sites (N-methyl/N-ethyl adjacent to an activating group) is 1. The van der Waals surface area contributed by atoms with Gasteiger partial charge in [-0.15, -0.1) is 11.8 Å². The molecule has 0 aromatic heterocycles. The molecule has 2 aliphatic rings. The number of rotatable bonds is 2. The molecule has 2 nitrogen and oxygen atoms in total. The lowest BCUT2D eigenvalue weighted by Crippen LogP contribution is -2.32. The van der Waals surface area contributed by atoms with Gasteiger partial charge in [0.1, 0.15) is 0 Å². The maximum absolute atomic E-state index is 2.66. The van der Waals surface area contributed by atoms with Crippen LogP contribution in [0.15, 0.2) is 29.2 Å². The molecule has 0 bridgehead atoms. The molecule has 0 radical (unpaired) electrons. The van der Waals surface area contributed by atoms with E-state index in [0.29, 0.717) is 0 Å². The maximum atomic E-state index is 2.66. The zero-order valence-electron chi connectivity index (χ0n) is 11.1. The van der Waals surface area contributed by atoms with E-state index in [1.165, 1.54) is 49.8 Å². The Morgan fingerprint density at radius 2 is 2.06 bits per heavy atom. The Morgan fingerprint density at radius 3 is 3.00 bits per heavy atom. The zero-order valence-corrected chi connectivity index (χ0v) is 12.0. The molecule has 18 heavy (non-hydrogen) atoms. The van der Waals surface area contributed by atoms with Gasteiger partial charge in [0, 0.05) is 36.2 Å². The van der Waals surface area contributed by atoms with Gasteiger partial charge in [0.25, 0.3) is 0 Å². The third-order valence-electron chi connectivity index (χ3n) is 4.09. The van der Waals surface area contributed by atoms with Gasteiger partial charge in [-0.2, -0.15) is 0 Å². The van der Waals surface area contributed by atoms with E-state index in [4.69, 9.17) is 0 Å². The van der Waals surface area contributed by atoms with Crippen LogP contribution in [0.4, 0.5) is 0 Å². The number of hydrogen-bond acceptors (Lipinski definition) is 3. The topological polar surface area (TPSA) is 6.48 Å². The van der Waals surface area contributed by atoms with E-state index in [-0.39, 0.29) is 0 Å². The molecule has 98 valence electrons. The molecule has 0 N–H and O–H groups in total. The summed E-state index contributed by atoms with van der Waals surface area (Å²) >= 11 is 2.03. The molecule has 1 aromatic rings. The summed E-state index contributed by atoms with van der Waals surface area (Å²) in [6, 6.07) is 8.95. The highest BCUT2D eigenvalue weighted by Gasteiger charge is 2.25. The van der Waals surface area contributed by atoms with E-state index in [9.17, 15) is 0 Å². The van der Waals surface area contributed by atoms with E-state index >= 15 is 0 Å². The highest BCUT2D eigenvalue weighted by atomic mass is 32.2. The van der Waals surface area contributed by atoms with Gasteiger partial charge < -0.3 is 9.80 Å². The van der Waals surface area contributed by atoms with Crippen LogP contribution in [0, 0.1) is 0 Å². The van der Waals surface area contributed by atoms with Gasteiger partial charge in [0.05, 0.1) is 0 Å². The summed E-state index contributed by atoms with van der Waals surface area (Å²) in [5, 5.41) is 0. The summed E-state index contributed by atoms with van der Waals surface area (Å²) in [5.41, 5.74) is 1.58. The molecule has 0 aliphatic carbocycles. The quantitative estimate of drug-likeness (QED) is 0.808. The highest BCUT2D eigenvalue weighted by Crippen LogP contribution is 2.39. The average Bonchev–Trinajstić information content (AvgIpc) is 2.67. The van der Waals surface area contributed by atoms with Crippen LogP contribution < -0.4 is 0 Å². The molecule has 1 saturated heterocycles. The predicted molar refractivity (Wildman–Crippen MR) is 78.5 cm³/mol. The number of fused-ring (bicyclic) bond motifs is 1. The van der Waals surface area contributed by atoms with Crippen LogP contribution in [-0.2, 0) is 0 Å². The second-order valence-corrected chi connectivity index (χ2v) is 6.57. The SMILES string of the molecule is CN1CCCN(CC2CSc3ccccc32)CC1. The first kappa shape index (κ1) is 12.5. The lowest BCUT2D eigenvalue weighted by atomic mass is 10.0. The van der Waals surface area contributed by atoms with Gasteiger partial charge in [-0.05, 0) is 38.2 Å². The van der Waals surface area contributed by atoms with Crippen molar-refractivity contribution in [2.75, 3.05) is 45.5 Å². The molecular formula is C15H22N2S. The molecule has 0 amide bonds. The summed E-state index contributed by atoms with van der Waals surface area (Å²) < 4.78 is 0. The molecule has 3 heteroatoms. The Hall–Kier alpha value is -0.510. The van der Waals surface area contributed by atoms with Gasteiger partial charge in [-0.3, -0.25) is 0 Å². The van der Waals surface area contributed by atoms with Crippen LogP contribution in [0.2, 0.25) is 0 Å². The van der Waals surface area contributed by atoms with Crippen molar-refractivity contribution >= 4 is 11.8 Å². The first-order valence-electron chi connectivity index (χ1n) is 6.95. The molecule has 0 spiro atoms. The number of nitrogens with zero attached hydrogens (tertiary/aromatic N) is 2. The van der Waals surface area contributed by atoms with Crippen molar-refractivity contribution in [2.45, 2.75) is 17.2 Å². The van der Waals surface area contributed by atoms with Crippen LogP contribution in [0.1, 0.15) is 17.9 Å². The van der Waals surface area contributed by atoms with Gasteiger partial charge in [-0.1, -0.05) is 18.2 Å². The Balaban J connectivity index is 1.64. The summed E-state index contributed by atoms with van der Waals surface area (Å²) in [5.74, 6) is 2.01. The molecule has 1 aromatic carbocycles. The molecule has 2 aliphatic heterocycles. The predicted octanol–water partition coefficient (Wildman–Crippen LogP) is 2.51. The fourth-order valence-electron chi connectivity index (χ4n) is 2.97. The molecule has 3 rings (SSSR count). The summed E-state index contributed by atoms with van der Waals surface area (Å²) in [4.78, 5) is 6.63. The second-order valence-electron chi connectivity index (χ2n) is 5.50. The van der Waals surface area contributed by atoms with E-state index in [1.807, 2.05) is 11.8 Å². The minimum atomic E-state index is 0.745. The lowest BCUT2D eigenvalue weighted by molar-refractivity contribution is 0.266. The number of hydrogen-bond donors (Lipinski definition) is 0. The average molecular weight is 262 g/mol. The van der Waals surface area contributed by atoms with Crippen LogP contribution in [-0.4, -0.2) is 55.3 Å². The molecule has 1 atom stereocenters. The standard InChI is InChI=1S/C15H22N2S/c1-16-7-4-8-17(10-9-16)11-13-12-18-15-6-3-2-5-14(13)15/h2-3,5-6,13H,4,7-12H2,1H3. The van der Waals surface area contributed by atoms with Crippen molar-refractivity contribution in [3.8, 4) is 0 Å². The van der Waals surface area contributed by atoms with Gasteiger partial charge in [-0.25, -0.2) is 0 Å². The van der Waals surface area contributed by atoms with Gasteiger partial charge >= 0.3 is 0 Å². The van der Waals surface area contributed by atoms with Crippen molar-refractivity contribution in [1.29, 1.82) is 0 Å². The van der Waals surface area contributed by atoms with Crippen molar-refractivity contribution in [3.05, 3.63) is 29.8 Å². The largest absolute Gasteiger partial charge is 0.305 e. The van der Waals surface area contributed by atoms with E-state index < -0.39 is 0 Å². The Kier molecular flexibility index (Phi) is 3.92. The maximum Gasteiger partial charge on any atom is 0.0109 e. The molecule has 0 saturated carbocycles. The third-order valence-corrected chi connectivity index (χ3v) is 5.34. The molecule has 2 heterocycles. The van der Waals surface area contributed by atoms with Crippen LogP contribution in [0.3, 0.4) is 0 Å². The zero-order chi connectivity index (χ0) is 12.4. The van der Waals surface area contributed by atoms with E-state index in [2.05, 4.69) is 41.1 Å². The van der Waals surface area contributed by atoms with E-state index in [0.717, 1.165) is 5.92 Å².